The van der Waals surface area contributed by atoms with E-state index in [-0.39, 0.29) is 33.2 Å². The molecule has 0 saturated carbocycles. The summed E-state index contributed by atoms with van der Waals surface area (Å²) in [4.78, 5) is 33.2. The summed E-state index contributed by atoms with van der Waals surface area (Å²) in [6.07, 6.45) is 1.73. The van der Waals surface area contributed by atoms with Gasteiger partial charge in [0.1, 0.15) is 5.01 Å². The van der Waals surface area contributed by atoms with Gasteiger partial charge in [0.15, 0.2) is 0 Å². The number of piperazine rings is 1. The molecule has 2 aliphatic heterocycles. The number of nitrogens with zero attached hydrogens (tertiary/aromatic N) is 3. The van der Waals surface area contributed by atoms with E-state index < -0.39 is 21.7 Å². The third-order valence-corrected chi connectivity index (χ3v) is 10.1. The molecule has 1 aromatic heterocycles. The van der Waals surface area contributed by atoms with Crippen molar-refractivity contribution in [2.45, 2.75) is 16.3 Å². The molecule has 1 fully saturated rings. The summed E-state index contributed by atoms with van der Waals surface area (Å²) < 4.78 is 28.2. The SMILES string of the molecule is O=C(NCc1cnc(-c2ccc(N3CCN(Cl)CC3)cc2)s1)c1ccc2c(c1)NC(=O)c1ccccc1S2(=O)=O. The van der Waals surface area contributed by atoms with E-state index >= 15 is 0 Å². The van der Waals surface area contributed by atoms with Gasteiger partial charge in [-0.15, -0.1) is 11.3 Å². The molecule has 0 atom stereocenters. The Hall–Kier alpha value is -3.77. The largest absolute Gasteiger partial charge is 0.369 e. The van der Waals surface area contributed by atoms with E-state index in [1.54, 1.807) is 22.7 Å². The van der Waals surface area contributed by atoms with Gasteiger partial charge in [0, 0.05) is 54.1 Å². The molecule has 0 unspecified atom stereocenters. The van der Waals surface area contributed by atoms with Crippen LogP contribution >= 0.6 is 23.1 Å². The highest BCUT2D eigenvalue weighted by Gasteiger charge is 2.31. The van der Waals surface area contributed by atoms with Gasteiger partial charge in [0.2, 0.25) is 9.84 Å². The molecule has 6 rings (SSSR count). The molecule has 0 bridgehead atoms. The van der Waals surface area contributed by atoms with Gasteiger partial charge in [0.25, 0.3) is 11.8 Å². The van der Waals surface area contributed by atoms with E-state index in [1.807, 2.05) is 12.1 Å². The van der Waals surface area contributed by atoms with Gasteiger partial charge >= 0.3 is 0 Å². The highest BCUT2D eigenvalue weighted by molar-refractivity contribution is 7.91. The minimum absolute atomic E-state index is 0.0539. The monoisotopic (exact) mass is 593 g/mol. The zero-order valence-corrected chi connectivity index (χ0v) is 23.5. The van der Waals surface area contributed by atoms with E-state index in [2.05, 4.69) is 32.7 Å². The fourth-order valence-electron chi connectivity index (χ4n) is 4.75. The second kappa shape index (κ2) is 10.7. The van der Waals surface area contributed by atoms with Gasteiger partial charge in [-0.25, -0.2) is 17.8 Å². The number of fused-ring (bicyclic) bond motifs is 2. The molecular weight excluding hydrogens is 570 g/mol. The van der Waals surface area contributed by atoms with Crippen LogP contribution < -0.4 is 15.5 Å². The summed E-state index contributed by atoms with van der Waals surface area (Å²) in [5.74, 6) is -0.939. The number of benzene rings is 3. The number of carbonyl (C=O) groups excluding carboxylic acids is 2. The summed E-state index contributed by atoms with van der Waals surface area (Å²) in [6, 6.07) is 18.5. The lowest BCUT2D eigenvalue weighted by molar-refractivity contribution is 0.0949. The number of carbonyl (C=O) groups is 2. The summed E-state index contributed by atoms with van der Waals surface area (Å²) in [7, 11) is -3.94. The van der Waals surface area contributed by atoms with Crippen LogP contribution in [-0.2, 0) is 16.4 Å². The van der Waals surface area contributed by atoms with Crippen LogP contribution in [0.3, 0.4) is 0 Å². The number of halogens is 1. The number of hydrogen-bond acceptors (Lipinski definition) is 8. The van der Waals surface area contributed by atoms with Gasteiger partial charge < -0.3 is 15.5 Å². The predicted molar refractivity (Wildman–Crippen MR) is 155 cm³/mol. The fourth-order valence-corrected chi connectivity index (χ4v) is 7.35. The summed E-state index contributed by atoms with van der Waals surface area (Å²) >= 11 is 7.54. The average Bonchev–Trinajstić information content (AvgIpc) is 3.42. The van der Waals surface area contributed by atoms with E-state index in [4.69, 9.17) is 11.8 Å². The first-order valence-electron chi connectivity index (χ1n) is 12.6. The van der Waals surface area contributed by atoms with Crippen LogP contribution in [0.5, 0.6) is 0 Å². The van der Waals surface area contributed by atoms with Crippen LogP contribution in [0.1, 0.15) is 25.6 Å². The third kappa shape index (κ3) is 5.08. The van der Waals surface area contributed by atoms with E-state index in [0.29, 0.717) is 0 Å². The van der Waals surface area contributed by atoms with Crippen LogP contribution in [0.4, 0.5) is 11.4 Å². The number of sulfone groups is 1. The van der Waals surface area contributed by atoms with Gasteiger partial charge in [-0.1, -0.05) is 12.1 Å². The molecule has 0 aliphatic carbocycles. The fraction of sp³-hybridized carbons (Fsp3) is 0.179. The summed E-state index contributed by atoms with van der Waals surface area (Å²) in [5.41, 5.74) is 2.50. The molecule has 40 heavy (non-hydrogen) atoms. The molecule has 9 nitrogen and oxygen atoms in total. The lowest BCUT2D eigenvalue weighted by Crippen LogP contribution is -2.42. The Morgan fingerprint density at radius 3 is 2.52 bits per heavy atom. The number of aromatic nitrogens is 1. The molecule has 1 saturated heterocycles. The number of nitrogens with one attached hydrogen (secondary N) is 2. The van der Waals surface area contributed by atoms with E-state index in [9.17, 15) is 18.0 Å². The van der Waals surface area contributed by atoms with Crippen LogP contribution in [0, 0.1) is 0 Å². The molecule has 4 aromatic rings. The van der Waals surface area contributed by atoms with Crippen molar-refractivity contribution in [3.8, 4) is 10.6 Å². The Balaban J connectivity index is 1.13. The number of amides is 2. The second-order valence-electron chi connectivity index (χ2n) is 9.42. The van der Waals surface area contributed by atoms with Crippen molar-refractivity contribution in [1.82, 2.24) is 14.7 Å². The zero-order valence-electron chi connectivity index (χ0n) is 21.1. The zero-order chi connectivity index (χ0) is 27.9. The van der Waals surface area contributed by atoms with E-state index in [1.165, 1.54) is 41.7 Å². The number of anilines is 2. The lowest BCUT2D eigenvalue weighted by atomic mass is 10.1. The average molecular weight is 594 g/mol. The molecule has 204 valence electrons. The van der Waals surface area contributed by atoms with Crippen LogP contribution in [0.2, 0.25) is 0 Å². The number of thiazole rings is 1. The van der Waals surface area contributed by atoms with Crippen LogP contribution in [0.15, 0.2) is 82.7 Å². The number of rotatable bonds is 5. The minimum Gasteiger partial charge on any atom is -0.369 e. The van der Waals surface area contributed by atoms with Crippen molar-refractivity contribution in [2.75, 3.05) is 36.4 Å². The quantitative estimate of drug-likeness (QED) is 0.330. The molecular formula is C28H24ClN5O4S2. The first-order chi connectivity index (χ1) is 19.3. The summed E-state index contributed by atoms with van der Waals surface area (Å²) in [5, 5.41) is 6.34. The van der Waals surface area contributed by atoms with E-state index in [0.717, 1.165) is 47.3 Å². The Morgan fingerprint density at radius 2 is 1.75 bits per heavy atom. The molecule has 2 amide bonds. The molecule has 3 aromatic carbocycles. The summed E-state index contributed by atoms with van der Waals surface area (Å²) in [6.45, 7) is 3.65. The molecule has 2 aliphatic rings. The lowest BCUT2D eigenvalue weighted by Gasteiger charge is -2.32. The first kappa shape index (κ1) is 26.5. The van der Waals surface area contributed by atoms with Crippen molar-refractivity contribution in [2.24, 2.45) is 0 Å². The topological polar surface area (TPSA) is 112 Å². The smallest absolute Gasteiger partial charge is 0.257 e. The standard InChI is InChI=1S/C28H24ClN5O4S2/c29-34-13-11-33(12-14-34)20-8-5-18(6-9-20)28-31-17-21(39-28)16-30-26(35)19-7-10-25-23(15-19)32-27(36)22-3-1-2-4-24(22)40(25,37)38/h1-10,15,17H,11-14,16H2,(H,30,35)(H,32,36). The highest BCUT2D eigenvalue weighted by Crippen LogP contribution is 2.34. The maximum atomic E-state index is 13.2. The minimum atomic E-state index is -3.94. The Labute approximate surface area is 240 Å². The Morgan fingerprint density at radius 1 is 1.00 bits per heavy atom. The normalized spacial score (nSPS) is 16.4. The third-order valence-electron chi connectivity index (χ3n) is 6.88. The molecule has 0 spiro atoms. The Kier molecular flexibility index (Phi) is 7.05. The molecule has 0 radical (unpaired) electrons. The molecule has 2 N–H and O–H groups in total. The van der Waals surface area contributed by atoms with Crippen molar-refractivity contribution < 1.29 is 18.0 Å². The molecule has 3 heterocycles. The Bertz CT molecular complexity index is 1710. The maximum Gasteiger partial charge on any atom is 0.257 e. The van der Waals surface area contributed by atoms with Crippen LogP contribution in [0.25, 0.3) is 10.6 Å². The second-order valence-corrected chi connectivity index (χ2v) is 12.9. The van der Waals surface area contributed by atoms with Gasteiger partial charge in [-0.05, 0) is 66.4 Å². The van der Waals surface area contributed by atoms with Crippen molar-refractivity contribution in [1.29, 1.82) is 0 Å². The van der Waals surface area contributed by atoms with Crippen LogP contribution in [-0.4, -0.2) is 55.8 Å². The molecule has 12 heteroatoms. The predicted octanol–water partition coefficient (Wildman–Crippen LogP) is 4.41. The number of hydrogen-bond donors (Lipinski definition) is 2. The highest BCUT2D eigenvalue weighted by atomic mass is 35.5. The van der Waals surface area contributed by atoms with Crippen molar-refractivity contribution >= 4 is 56.1 Å². The van der Waals surface area contributed by atoms with Gasteiger partial charge in [-0.2, -0.15) is 0 Å². The van der Waals surface area contributed by atoms with Gasteiger partial charge in [0.05, 0.1) is 27.6 Å². The van der Waals surface area contributed by atoms with Crippen molar-refractivity contribution in [3.63, 3.8) is 0 Å². The van der Waals surface area contributed by atoms with Gasteiger partial charge in [-0.3, -0.25) is 9.59 Å². The first-order valence-corrected chi connectivity index (χ1v) is 15.2. The maximum absolute atomic E-state index is 13.2. The van der Waals surface area contributed by atoms with Crippen molar-refractivity contribution in [3.05, 3.63) is 88.9 Å².